The van der Waals surface area contributed by atoms with Crippen molar-refractivity contribution in [3.8, 4) is 0 Å². The maximum absolute atomic E-state index is 12.1. The van der Waals surface area contributed by atoms with Gasteiger partial charge in [-0.2, -0.15) is 0 Å². The van der Waals surface area contributed by atoms with Crippen molar-refractivity contribution in [2.45, 2.75) is 71.0 Å². The normalized spacial score (nSPS) is 25.6. The number of hydrogen-bond acceptors (Lipinski definition) is 2. The van der Waals surface area contributed by atoms with Crippen molar-refractivity contribution in [2.75, 3.05) is 0 Å². The summed E-state index contributed by atoms with van der Waals surface area (Å²) in [4.78, 5) is 24.5. The zero-order chi connectivity index (χ0) is 13.7. The van der Waals surface area contributed by atoms with Crippen LogP contribution in [0.4, 0.5) is 4.79 Å². The van der Waals surface area contributed by atoms with Gasteiger partial charge in [-0.3, -0.25) is 4.79 Å². The number of rotatable bonds is 4. The molecule has 0 aromatic carbocycles. The van der Waals surface area contributed by atoms with Crippen molar-refractivity contribution < 1.29 is 14.7 Å². The number of nitrogens with zero attached hydrogens (tertiary/aromatic N) is 1. The number of carbonyl (C=O) groups is 2. The number of urea groups is 1. The van der Waals surface area contributed by atoms with E-state index in [1.54, 1.807) is 0 Å². The highest BCUT2D eigenvalue weighted by molar-refractivity contribution is 5.75. The van der Waals surface area contributed by atoms with E-state index in [4.69, 9.17) is 5.11 Å². The quantitative estimate of drug-likeness (QED) is 0.810. The molecule has 5 heteroatoms. The first-order chi connectivity index (χ1) is 8.41. The van der Waals surface area contributed by atoms with Crippen molar-refractivity contribution >= 4 is 12.0 Å². The summed E-state index contributed by atoms with van der Waals surface area (Å²) in [5.74, 6) is -0.823. The van der Waals surface area contributed by atoms with Gasteiger partial charge in [0.1, 0.15) is 0 Å². The molecule has 3 atom stereocenters. The van der Waals surface area contributed by atoms with Crippen molar-refractivity contribution in [1.82, 2.24) is 10.2 Å². The molecular weight excluding hydrogens is 232 g/mol. The number of likely N-dealkylation sites (tertiary alicyclic amines) is 1. The molecule has 1 aliphatic rings. The Hall–Kier alpha value is -1.26. The van der Waals surface area contributed by atoms with Crippen molar-refractivity contribution in [3.63, 3.8) is 0 Å². The van der Waals surface area contributed by atoms with Gasteiger partial charge in [-0.15, -0.1) is 0 Å². The minimum Gasteiger partial charge on any atom is -0.481 e. The fourth-order valence-electron chi connectivity index (χ4n) is 2.52. The third-order valence-electron chi connectivity index (χ3n) is 3.59. The molecule has 104 valence electrons. The molecule has 1 heterocycles. The number of carbonyl (C=O) groups excluding carboxylic acids is 1. The first kappa shape index (κ1) is 14.8. The molecular formula is C13H24N2O3. The second-order valence-corrected chi connectivity index (χ2v) is 5.32. The Labute approximate surface area is 109 Å². The van der Waals surface area contributed by atoms with Crippen LogP contribution in [0.2, 0.25) is 0 Å². The van der Waals surface area contributed by atoms with Crippen LogP contribution < -0.4 is 5.32 Å². The second-order valence-electron chi connectivity index (χ2n) is 5.32. The highest BCUT2D eigenvalue weighted by atomic mass is 16.4. The molecule has 3 unspecified atom stereocenters. The van der Waals surface area contributed by atoms with E-state index in [-0.39, 0.29) is 30.6 Å². The molecule has 0 saturated carbocycles. The third-order valence-corrected chi connectivity index (χ3v) is 3.59. The molecule has 0 spiro atoms. The van der Waals surface area contributed by atoms with E-state index < -0.39 is 5.97 Å². The van der Waals surface area contributed by atoms with E-state index >= 15 is 0 Å². The van der Waals surface area contributed by atoms with Gasteiger partial charge in [-0.1, -0.05) is 0 Å². The minimum atomic E-state index is -0.823. The molecule has 0 bridgehead atoms. The first-order valence-corrected chi connectivity index (χ1v) is 6.72. The van der Waals surface area contributed by atoms with Gasteiger partial charge in [0.15, 0.2) is 0 Å². The minimum absolute atomic E-state index is 0.0624. The number of carboxylic acid groups (broad SMARTS) is 1. The summed E-state index contributed by atoms with van der Waals surface area (Å²) in [6, 6.07) is 0.364. The number of amides is 2. The zero-order valence-electron chi connectivity index (χ0n) is 11.5. The van der Waals surface area contributed by atoms with Gasteiger partial charge in [-0.05, 0) is 46.5 Å². The van der Waals surface area contributed by atoms with Crippen molar-refractivity contribution in [2.24, 2.45) is 0 Å². The molecule has 0 aromatic rings. The average molecular weight is 256 g/mol. The monoisotopic (exact) mass is 256 g/mol. The first-order valence-electron chi connectivity index (χ1n) is 6.72. The van der Waals surface area contributed by atoms with E-state index in [9.17, 15) is 9.59 Å². The molecule has 1 saturated heterocycles. The van der Waals surface area contributed by atoms with Gasteiger partial charge in [0.2, 0.25) is 0 Å². The van der Waals surface area contributed by atoms with Crippen molar-refractivity contribution in [3.05, 3.63) is 0 Å². The lowest BCUT2D eigenvalue weighted by Gasteiger charge is -2.39. The molecule has 2 N–H and O–H groups in total. The predicted octanol–water partition coefficient (Wildman–Crippen LogP) is 2.21. The fraction of sp³-hybridized carbons (Fsp3) is 0.846. The average Bonchev–Trinajstić information content (AvgIpc) is 2.26. The van der Waals surface area contributed by atoms with E-state index in [1.165, 1.54) is 6.42 Å². The summed E-state index contributed by atoms with van der Waals surface area (Å²) in [6.07, 6.45) is 3.81. The summed E-state index contributed by atoms with van der Waals surface area (Å²) in [5, 5.41) is 11.5. The highest BCUT2D eigenvalue weighted by Gasteiger charge is 2.29. The zero-order valence-corrected chi connectivity index (χ0v) is 11.5. The third kappa shape index (κ3) is 4.20. The Kier molecular flexibility index (Phi) is 5.44. The van der Waals surface area contributed by atoms with Gasteiger partial charge in [0.05, 0.1) is 0 Å². The summed E-state index contributed by atoms with van der Waals surface area (Å²) in [5.41, 5.74) is 0. The molecule has 1 fully saturated rings. The molecule has 2 amide bonds. The lowest BCUT2D eigenvalue weighted by atomic mass is 9.98. The molecule has 1 rings (SSSR count). The summed E-state index contributed by atoms with van der Waals surface area (Å²) >= 11 is 0. The topological polar surface area (TPSA) is 69.6 Å². The maximum Gasteiger partial charge on any atom is 0.318 e. The van der Waals surface area contributed by atoms with E-state index in [2.05, 4.69) is 19.2 Å². The number of aliphatic carboxylic acids is 1. The van der Waals surface area contributed by atoms with Crippen LogP contribution in [0.15, 0.2) is 0 Å². The predicted molar refractivity (Wildman–Crippen MR) is 69.5 cm³/mol. The molecule has 0 aromatic heterocycles. The molecule has 1 aliphatic heterocycles. The molecule has 0 aliphatic carbocycles. The van der Waals surface area contributed by atoms with Gasteiger partial charge >= 0.3 is 12.0 Å². The summed E-state index contributed by atoms with van der Waals surface area (Å²) < 4.78 is 0. The van der Waals surface area contributed by atoms with Gasteiger partial charge in [0.25, 0.3) is 0 Å². The van der Waals surface area contributed by atoms with Crippen LogP contribution in [0.1, 0.15) is 52.9 Å². The molecule has 18 heavy (non-hydrogen) atoms. The maximum atomic E-state index is 12.1. The summed E-state index contributed by atoms with van der Waals surface area (Å²) in [6.45, 7) is 5.98. The number of carboxylic acids is 1. The number of nitrogens with one attached hydrogen (secondary N) is 1. The Morgan fingerprint density at radius 3 is 2.39 bits per heavy atom. The van der Waals surface area contributed by atoms with Crippen LogP contribution in [-0.2, 0) is 4.79 Å². The highest BCUT2D eigenvalue weighted by Crippen LogP contribution is 2.22. The molecule has 5 nitrogen and oxygen atoms in total. The van der Waals surface area contributed by atoms with E-state index in [0.29, 0.717) is 6.42 Å². The van der Waals surface area contributed by atoms with E-state index in [0.717, 1.165) is 12.8 Å². The van der Waals surface area contributed by atoms with Crippen LogP contribution >= 0.6 is 0 Å². The smallest absolute Gasteiger partial charge is 0.318 e. The lowest BCUT2D eigenvalue weighted by molar-refractivity contribution is -0.137. The van der Waals surface area contributed by atoms with Crippen LogP contribution in [-0.4, -0.2) is 40.1 Å². The van der Waals surface area contributed by atoms with Gasteiger partial charge in [0, 0.05) is 24.5 Å². The SMILES string of the molecule is CC(CCC(=O)O)NC(=O)N1C(C)CCCC1C. The van der Waals surface area contributed by atoms with Gasteiger partial charge < -0.3 is 15.3 Å². The van der Waals surface area contributed by atoms with Crippen LogP contribution in [0.5, 0.6) is 0 Å². The second kappa shape index (κ2) is 6.61. The molecule has 0 radical (unpaired) electrons. The Morgan fingerprint density at radius 1 is 1.33 bits per heavy atom. The number of piperidine rings is 1. The van der Waals surface area contributed by atoms with Crippen LogP contribution in [0.3, 0.4) is 0 Å². The largest absolute Gasteiger partial charge is 0.481 e. The standard InChI is InChI=1S/C13H24N2O3/c1-9(7-8-12(16)17)14-13(18)15-10(2)5-4-6-11(15)3/h9-11H,4-8H2,1-3H3,(H,14,18)(H,16,17). The Balaban J connectivity index is 2.45. The number of hydrogen-bond donors (Lipinski definition) is 2. The fourth-order valence-corrected chi connectivity index (χ4v) is 2.52. The van der Waals surface area contributed by atoms with Crippen LogP contribution in [0, 0.1) is 0 Å². The van der Waals surface area contributed by atoms with Crippen LogP contribution in [0.25, 0.3) is 0 Å². The van der Waals surface area contributed by atoms with Crippen molar-refractivity contribution in [1.29, 1.82) is 0 Å². The lowest BCUT2D eigenvalue weighted by Crippen LogP contribution is -2.53. The van der Waals surface area contributed by atoms with E-state index in [1.807, 2.05) is 11.8 Å². The summed E-state index contributed by atoms with van der Waals surface area (Å²) in [7, 11) is 0. The Bertz CT molecular complexity index is 297. The Morgan fingerprint density at radius 2 is 1.89 bits per heavy atom. The van der Waals surface area contributed by atoms with Gasteiger partial charge in [-0.25, -0.2) is 4.79 Å².